The van der Waals surface area contributed by atoms with E-state index in [1.54, 1.807) is 11.3 Å². The summed E-state index contributed by atoms with van der Waals surface area (Å²) < 4.78 is 4.89. The second-order valence-corrected chi connectivity index (χ2v) is 5.50. The lowest BCUT2D eigenvalue weighted by molar-refractivity contribution is -0.136. The predicted molar refractivity (Wildman–Crippen MR) is 82.4 cm³/mol. The Morgan fingerprint density at radius 1 is 1.20 bits per heavy atom. The molecule has 3 rings (SSSR count). The minimum atomic E-state index is -0.235. The summed E-state index contributed by atoms with van der Waals surface area (Å²) in [4.78, 5) is 13.1. The zero-order valence-electron chi connectivity index (χ0n) is 11.1. The van der Waals surface area contributed by atoms with Crippen LogP contribution in [-0.4, -0.2) is 13.1 Å². The molecule has 1 aliphatic carbocycles. The van der Waals surface area contributed by atoms with Gasteiger partial charge in [-0.15, -0.1) is 11.3 Å². The van der Waals surface area contributed by atoms with Crippen molar-refractivity contribution in [2.75, 3.05) is 7.11 Å². The van der Waals surface area contributed by atoms with E-state index in [0.29, 0.717) is 6.42 Å². The molecule has 0 radical (unpaired) electrons. The van der Waals surface area contributed by atoms with E-state index in [0.717, 1.165) is 16.7 Å². The number of hydrogen-bond donors (Lipinski definition) is 0. The van der Waals surface area contributed by atoms with Crippen molar-refractivity contribution in [3.8, 4) is 0 Å². The Kier molecular flexibility index (Phi) is 3.52. The highest BCUT2D eigenvalue weighted by Gasteiger charge is 2.26. The topological polar surface area (TPSA) is 26.3 Å². The quantitative estimate of drug-likeness (QED) is 0.797. The number of hydrogen-bond acceptors (Lipinski definition) is 3. The van der Waals surface area contributed by atoms with Crippen LogP contribution in [0, 0.1) is 0 Å². The Morgan fingerprint density at radius 3 is 2.75 bits per heavy atom. The number of thiophene rings is 1. The minimum Gasteiger partial charge on any atom is -0.466 e. The molecule has 2 aromatic rings. The molecule has 0 amide bonds. The van der Waals surface area contributed by atoms with Crippen LogP contribution in [0.5, 0.6) is 0 Å². The average Bonchev–Trinajstić information content (AvgIpc) is 3.06. The van der Waals surface area contributed by atoms with Crippen LogP contribution < -0.4 is 0 Å². The van der Waals surface area contributed by atoms with Crippen molar-refractivity contribution in [1.82, 2.24) is 0 Å². The second-order valence-electron chi connectivity index (χ2n) is 4.58. The Morgan fingerprint density at radius 2 is 2.00 bits per heavy atom. The van der Waals surface area contributed by atoms with Gasteiger partial charge in [-0.2, -0.15) is 0 Å². The van der Waals surface area contributed by atoms with Gasteiger partial charge < -0.3 is 4.74 Å². The summed E-state index contributed by atoms with van der Waals surface area (Å²) in [5.74, 6) is -0.235. The van der Waals surface area contributed by atoms with Crippen molar-refractivity contribution in [3.63, 3.8) is 0 Å². The highest BCUT2D eigenvalue weighted by atomic mass is 32.1. The third-order valence-electron chi connectivity index (χ3n) is 3.36. The van der Waals surface area contributed by atoms with Crippen LogP contribution in [0.25, 0.3) is 11.6 Å². The number of rotatable bonds is 3. The van der Waals surface area contributed by atoms with Crippen molar-refractivity contribution >= 4 is 29.0 Å². The molecule has 0 atom stereocenters. The molecule has 0 saturated carbocycles. The first-order valence-electron chi connectivity index (χ1n) is 6.41. The van der Waals surface area contributed by atoms with Gasteiger partial charge in [0.1, 0.15) is 0 Å². The van der Waals surface area contributed by atoms with Gasteiger partial charge in [-0.05, 0) is 22.6 Å². The van der Waals surface area contributed by atoms with Crippen LogP contribution in [0.3, 0.4) is 0 Å². The van der Waals surface area contributed by atoms with Crippen molar-refractivity contribution < 1.29 is 9.53 Å². The SMILES string of the molecule is COC(=O)C1=C(/C=C/c2ccccc2)c2sccc2C1. The third-order valence-corrected chi connectivity index (χ3v) is 4.35. The molecule has 0 N–H and O–H groups in total. The highest BCUT2D eigenvalue weighted by Crippen LogP contribution is 2.38. The third kappa shape index (κ3) is 2.32. The van der Waals surface area contributed by atoms with E-state index in [4.69, 9.17) is 4.74 Å². The van der Waals surface area contributed by atoms with Gasteiger partial charge in [-0.3, -0.25) is 0 Å². The Bertz CT molecular complexity index is 693. The molecule has 0 spiro atoms. The maximum atomic E-state index is 11.9. The van der Waals surface area contributed by atoms with E-state index < -0.39 is 0 Å². The fourth-order valence-electron chi connectivity index (χ4n) is 2.36. The number of fused-ring (bicyclic) bond motifs is 1. The van der Waals surface area contributed by atoms with Gasteiger partial charge in [0.2, 0.25) is 0 Å². The molecule has 3 heteroatoms. The number of esters is 1. The van der Waals surface area contributed by atoms with Crippen LogP contribution in [0.1, 0.15) is 16.0 Å². The molecule has 0 bridgehead atoms. The number of benzene rings is 1. The summed E-state index contributed by atoms with van der Waals surface area (Å²) in [5, 5.41) is 2.06. The van der Waals surface area contributed by atoms with Crippen LogP contribution in [0.2, 0.25) is 0 Å². The summed E-state index contributed by atoms with van der Waals surface area (Å²) in [6.07, 6.45) is 4.72. The normalized spacial score (nSPS) is 13.8. The molecule has 0 saturated heterocycles. The fourth-order valence-corrected chi connectivity index (χ4v) is 3.34. The lowest BCUT2D eigenvalue weighted by Crippen LogP contribution is -2.05. The Labute approximate surface area is 122 Å². The highest BCUT2D eigenvalue weighted by molar-refractivity contribution is 7.11. The maximum absolute atomic E-state index is 11.9. The molecular formula is C17H14O2S. The molecule has 1 aromatic carbocycles. The minimum absolute atomic E-state index is 0.235. The maximum Gasteiger partial charge on any atom is 0.334 e. The first-order valence-corrected chi connectivity index (χ1v) is 7.29. The van der Waals surface area contributed by atoms with Gasteiger partial charge in [0.15, 0.2) is 0 Å². The van der Waals surface area contributed by atoms with Gasteiger partial charge in [-0.1, -0.05) is 42.5 Å². The molecule has 0 unspecified atom stereocenters. The first-order chi connectivity index (χ1) is 9.79. The van der Waals surface area contributed by atoms with Gasteiger partial charge >= 0.3 is 5.97 Å². The first kappa shape index (κ1) is 12.9. The largest absolute Gasteiger partial charge is 0.466 e. The smallest absolute Gasteiger partial charge is 0.334 e. The molecule has 0 aliphatic heterocycles. The Hall–Kier alpha value is -2.13. The van der Waals surface area contributed by atoms with Gasteiger partial charge in [0.05, 0.1) is 12.7 Å². The molecule has 100 valence electrons. The summed E-state index contributed by atoms with van der Waals surface area (Å²) >= 11 is 1.67. The van der Waals surface area contributed by atoms with Crippen LogP contribution in [0.15, 0.2) is 53.4 Å². The van der Waals surface area contributed by atoms with E-state index in [9.17, 15) is 4.79 Å². The van der Waals surface area contributed by atoms with Crippen molar-refractivity contribution in [2.45, 2.75) is 6.42 Å². The van der Waals surface area contributed by atoms with Gasteiger partial charge in [-0.25, -0.2) is 4.79 Å². The zero-order valence-corrected chi connectivity index (χ0v) is 11.9. The summed E-state index contributed by atoms with van der Waals surface area (Å²) in [6, 6.07) is 12.1. The van der Waals surface area contributed by atoms with Crippen LogP contribution in [0.4, 0.5) is 0 Å². The second kappa shape index (κ2) is 5.47. The fraction of sp³-hybridized carbons (Fsp3) is 0.118. The number of methoxy groups -OCH3 is 1. The molecule has 2 nitrogen and oxygen atoms in total. The lowest BCUT2D eigenvalue weighted by atomic mass is 10.1. The zero-order chi connectivity index (χ0) is 13.9. The van der Waals surface area contributed by atoms with Gasteiger partial charge in [0.25, 0.3) is 0 Å². The van der Waals surface area contributed by atoms with E-state index in [1.807, 2.05) is 42.5 Å². The number of allylic oxidation sites excluding steroid dienone is 2. The van der Waals surface area contributed by atoms with Crippen molar-refractivity contribution in [3.05, 3.63) is 69.4 Å². The summed E-state index contributed by atoms with van der Waals surface area (Å²) in [7, 11) is 1.43. The predicted octanol–water partition coefficient (Wildman–Crippen LogP) is 3.94. The number of carbonyl (C=O) groups is 1. The van der Waals surface area contributed by atoms with E-state index in [2.05, 4.69) is 11.4 Å². The summed E-state index contributed by atoms with van der Waals surface area (Å²) in [6.45, 7) is 0. The van der Waals surface area contributed by atoms with E-state index >= 15 is 0 Å². The standard InChI is InChI=1S/C17H14O2S/c1-19-17(18)15-11-13-9-10-20-16(13)14(15)8-7-12-5-3-2-4-6-12/h2-10H,11H2,1H3/b8-7+. The van der Waals surface area contributed by atoms with Crippen molar-refractivity contribution in [2.24, 2.45) is 0 Å². The molecule has 1 aliphatic rings. The van der Waals surface area contributed by atoms with Crippen LogP contribution in [-0.2, 0) is 16.0 Å². The number of carbonyl (C=O) groups excluding carboxylic acids is 1. The van der Waals surface area contributed by atoms with Crippen LogP contribution >= 0.6 is 11.3 Å². The number of ether oxygens (including phenoxy) is 1. The summed E-state index contributed by atoms with van der Waals surface area (Å²) in [5.41, 5.74) is 4.07. The van der Waals surface area contributed by atoms with E-state index in [1.165, 1.54) is 17.6 Å². The molecular weight excluding hydrogens is 268 g/mol. The average molecular weight is 282 g/mol. The molecule has 1 aromatic heterocycles. The van der Waals surface area contributed by atoms with E-state index in [-0.39, 0.29) is 5.97 Å². The monoisotopic (exact) mass is 282 g/mol. The lowest BCUT2D eigenvalue weighted by Gasteiger charge is -2.02. The van der Waals surface area contributed by atoms with Crippen molar-refractivity contribution in [1.29, 1.82) is 0 Å². The molecule has 1 heterocycles. The molecule has 20 heavy (non-hydrogen) atoms. The molecule has 0 fully saturated rings. The van der Waals surface area contributed by atoms with Gasteiger partial charge in [0, 0.05) is 16.9 Å². The Balaban J connectivity index is 1.99.